The normalized spacial score (nSPS) is 10.6. The van der Waals surface area contributed by atoms with Crippen molar-refractivity contribution in [2.75, 3.05) is 12.5 Å². The fourth-order valence-corrected chi connectivity index (χ4v) is 1.95. The van der Waals surface area contributed by atoms with Gasteiger partial charge in [0.25, 0.3) is 0 Å². The number of benzene rings is 2. The van der Waals surface area contributed by atoms with Crippen molar-refractivity contribution >= 4 is 35.6 Å². The fourth-order valence-electron chi connectivity index (χ4n) is 1.95. The second kappa shape index (κ2) is 6.82. The van der Waals surface area contributed by atoms with Crippen LogP contribution in [0.25, 0.3) is 11.0 Å². The summed E-state index contributed by atoms with van der Waals surface area (Å²) < 4.78 is 5.04. The van der Waals surface area contributed by atoms with E-state index in [1.54, 1.807) is 24.4 Å². The van der Waals surface area contributed by atoms with Gasteiger partial charge in [-0.2, -0.15) is 5.10 Å². The number of rotatable bonds is 4. The number of phenolic OH excluding ortho intramolecular Hbond substituents is 1. The molecule has 0 fully saturated rings. The van der Waals surface area contributed by atoms with E-state index < -0.39 is 0 Å². The third kappa shape index (κ3) is 3.29. The highest BCUT2D eigenvalue weighted by Gasteiger charge is 2.01. The molecule has 22 heavy (non-hydrogen) atoms. The number of para-hydroxylation sites is 2. The number of hydrazone groups is 1. The SMILES string of the molecule is COc1cc(/C=N/Nc2nc3ccccc3[nH]2)ccc1O.Cl. The highest BCUT2D eigenvalue weighted by molar-refractivity contribution is 5.85. The van der Waals surface area contributed by atoms with Gasteiger partial charge in [0.2, 0.25) is 5.95 Å². The van der Waals surface area contributed by atoms with E-state index in [4.69, 9.17) is 4.74 Å². The van der Waals surface area contributed by atoms with Gasteiger partial charge in [-0.05, 0) is 35.9 Å². The number of ether oxygens (including phenoxy) is 1. The lowest BCUT2D eigenvalue weighted by Gasteiger charge is -2.03. The Morgan fingerprint density at radius 2 is 2.09 bits per heavy atom. The van der Waals surface area contributed by atoms with E-state index in [0.29, 0.717) is 11.7 Å². The summed E-state index contributed by atoms with van der Waals surface area (Å²) in [7, 11) is 1.50. The number of aromatic amines is 1. The van der Waals surface area contributed by atoms with E-state index in [0.717, 1.165) is 16.6 Å². The molecule has 0 atom stereocenters. The molecule has 3 aromatic rings. The lowest BCUT2D eigenvalue weighted by atomic mass is 10.2. The number of hydrogen-bond donors (Lipinski definition) is 3. The number of nitrogens with zero attached hydrogens (tertiary/aromatic N) is 2. The van der Waals surface area contributed by atoms with Crippen molar-refractivity contribution in [2.45, 2.75) is 0 Å². The zero-order valence-corrected chi connectivity index (χ0v) is 12.6. The molecule has 3 N–H and O–H groups in total. The summed E-state index contributed by atoms with van der Waals surface area (Å²) >= 11 is 0. The molecule has 7 heteroatoms. The van der Waals surface area contributed by atoms with E-state index in [9.17, 15) is 5.11 Å². The van der Waals surface area contributed by atoms with Crippen LogP contribution in [0.1, 0.15) is 5.56 Å². The van der Waals surface area contributed by atoms with Crippen molar-refractivity contribution in [1.82, 2.24) is 9.97 Å². The van der Waals surface area contributed by atoms with E-state index in [1.165, 1.54) is 7.11 Å². The van der Waals surface area contributed by atoms with E-state index in [-0.39, 0.29) is 18.2 Å². The molecule has 0 radical (unpaired) electrons. The second-order valence-corrected chi connectivity index (χ2v) is 4.40. The molecule has 0 saturated heterocycles. The van der Waals surface area contributed by atoms with Crippen LogP contribution in [0.5, 0.6) is 11.5 Å². The largest absolute Gasteiger partial charge is 0.504 e. The van der Waals surface area contributed by atoms with Crippen molar-refractivity contribution in [3.8, 4) is 11.5 Å². The van der Waals surface area contributed by atoms with Gasteiger partial charge in [-0.1, -0.05) is 12.1 Å². The van der Waals surface area contributed by atoms with Crippen LogP contribution in [-0.4, -0.2) is 28.4 Å². The Kier molecular flexibility index (Phi) is 4.85. The number of aromatic nitrogens is 2. The highest BCUT2D eigenvalue weighted by Crippen LogP contribution is 2.25. The van der Waals surface area contributed by atoms with Crippen LogP contribution in [0, 0.1) is 0 Å². The molecule has 0 amide bonds. The van der Waals surface area contributed by atoms with Gasteiger partial charge in [-0.3, -0.25) is 0 Å². The number of fused-ring (bicyclic) bond motifs is 1. The number of hydrogen-bond acceptors (Lipinski definition) is 5. The van der Waals surface area contributed by atoms with Gasteiger partial charge in [0.1, 0.15) is 0 Å². The summed E-state index contributed by atoms with van der Waals surface area (Å²) in [6.07, 6.45) is 1.62. The zero-order valence-electron chi connectivity index (χ0n) is 11.8. The number of halogens is 1. The molecule has 2 aromatic carbocycles. The van der Waals surface area contributed by atoms with Gasteiger partial charge >= 0.3 is 0 Å². The van der Waals surface area contributed by atoms with E-state index >= 15 is 0 Å². The maximum absolute atomic E-state index is 9.52. The van der Waals surface area contributed by atoms with Gasteiger partial charge in [0.05, 0.1) is 24.4 Å². The molecular weight excluding hydrogens is 304 g/mol. The first kappa shape index (κ1) is 15.7. The summed E-state index contributed by atoms with van der Waals surface area (Å²) in [5, 5.41) is 13.6. The van der Waals surface area contributed by atoms with Gasteiger partial charge in [-0.25, -0.2) is 10.4 Å². The minimum absolute atomic E-state index is 0. The Labute approximate surface area is 133 Å². The first-order valence-electron chi connectivity index (χ1n) is 6.37. The van der Waals surface area contributed by atoms with Crippen molar-refractivity contribution < 1.29 is 9.84 Å². The van der Waals surface area contributed by atoms with Crippen LogP contribution in [0.2, 0.25) is 0 Å². The molecule has 114 valence electrons. The predicted molar refractivity (Wildman–Crippen MR) is 89.2 cm³/mol. The number of nitrogens with one attached hydrogen (secondary N) is 2. The monoisotopic (exact) mass is 318 g/mol. The van der Waals surface area contributed by atoms with Gasteiger partial charge in [0, 0.05) is 0 Å². The maximum atomic E-state index is 9.52. The second-order valence-electron chi connectivity index (χ2n) is 4.40. The number of imidazole rings is 1. The molecule has 0 aliphatic rings. The Morgan fingerprint density at radius 1 is 1.27 bits per heavy atom. The van der Waals surface area contributed by atoms with Crippen LogP contribution in [-0.2, 0) is 0 Å². The smallest absolute Gasteiger partial charge is 0.222 e. The number of aromatic hydroxyl groups is 1. The maximum Gasteiger partial charge on any atom is 0.222 e. The van der Waals surface area contributed by atoms with Crippen LogP contribution < -0.4 is 10.2 Å². The van der Waals surface area contributed by atoms with Crippen molar-refractivity contribution in [1.29, 1.82) is 0 Å². The van der Waals surface area contributed by atoms with Gasteiger partial charge < -0.3 is 14.8 Å². The molecule has 0 spiro atoms. The molecule has 0 saturated carbocycles. The standard InChI is InChI=1S/C15H14N4O2.ClH/c1-21-14-8-10(6-7-13(14)20)9-16-19-15-17-11-4-2-3-5-12(11)18-15;/h2-9,20H,1H3,(H2,17,18,19);1H/b16-9+;. The molecule has 6 nitrogen and oxygen atoms in total. The lowest BCUT2D eigenvalue weighted by molar-refractivity contribution is 0.373. The van der Waals surface area contributed by atoms with Gasteiger partial charge in [-0.15, -0.1) is 12.4 Å². The summed E-state index contributed by atoms with van der Waals surface area (Å²) in [5.74, 6) is 1.07. The Hall–Kier alpha value is -2.73. The summed E-state index contributed by atoms with van der Waals surface area (Å²) in [6, 6.07) is 12.7. The average molecular weight is 319 g/mol. The number of anilines is 1. The third-order valence-electron chi connectivity index (χ3n) is 2.98. The summed E-state index contributed by atoms with van der Waals surface area (Å²) in [6.45, 7) is 0. The molecule has 1 heterocycles. The summed E-state index contributed by atoms with van der Waals surface area (Å²) in [4.78, 5) is 7.46. The molecule has 3 rings (SSSR count). The fraction of sp³-hybridized carbons (Fsp3) is 0.0667. The first-order valence-corrected chi connectivity index (χ1v) is 6.37. The van der Waals surface area contributed by atoms with Crippen molar-refractivity contribution in [3.63, 3.8) is 0 Å². The number of phenols is 1. The highest BCUT2D eigenvalue weighted by atomic mass is 35.5. The van der Waals surface area contributed by atoms with Crippen LogP contribution in [0.4, 0.5) is 5.95 Å². The quantitative estimate of drug-likeness (QED) is 0.510. The summed E-state index contributed by atoms with van der Waals surface area (Å²) in [5.41, 5.74) is 5.46. The number of H-pyrrole nitrogens is 1. The van der Waals surface area contributed by atoms with Crippen molar-refractivity contribution in [3.05, 3.63) is 48.0 Å². The Bertz CT molecular complexity index is 768. The molecule has 0 aliphatic carbocycles. The molecule has 0 bridgehead atoms. The lowest BCUT2D eigenvalue weighted by Crippen LogP contribution is -1.93. The average Bonchev–Trinajstić information content (AvgIpc) is 2.91. The van der Waals surface area contributed by atoms with Crippen molar-refractivity contribution in [2.24, 2.45) is 5.10 Å². The molecule has 0 unspecified atom stereocenters. The topological polar surface area (TPSA) is 82.5 Å². The van der Waals surface area contributed by atoms with Crippen LogP contribution >= 0.6 is 12.4 Å². The number of methoxy groups -OCH3 is 1. The van der Waals surface area contributed by atoms with Crippen LogP contribution in [0.3, 0.4) is 0 Å². The van der Waals surface area contributed by atoms with E-state index in [1.807, 2.05) is 24.3 Å². The minimum atomic E-state index is 0. The van der Waals surface area contributed by atoms with Gasteiger partial charge in [0.15, 0.2) is 11.5 Å². The first-order chi connectivity index (χ1) is 10.3. The van der Waals surface area contributed by atoms with Crippen LogP contribution in [0.15, 0.2) is 47.6 Å². The third-order valence-corrected chi connectivity index (χ3v) is 2.98. The van der Waals surface area contributed by atoms with E-state index in [2.05, 4.69) is 20.5 Å². The minimum Gasteiger partial charge on any atom is -0.504 e. The Balaban J connectivity index is 0.00000176. The zero-order chi connectivity index (χ0) is 14.7. The molecule has 0 aliphatic heterocycles. The molecular formula is C15H15ClN4O2. The predicted octanol–water partition coefficient (Wildman–Crippen LogP) is 3.14. The Morgan fingerprint density at radius 3 is 2.86 bits per heavy atom. The molecule has 1 aromatic heterocycles.